The fraction of sp³-hybridized carbons (Fsp3) is 0.698. The molecular formula is C43H68O11. The molecule has 306 valence electrons. The maximum atomic E-state index is 12.7. The number of allylic oxidation sites excluding steroid dienone is 10. The maximum Gasteiger partial charge on any atom is 0.306 e. The minimum atomic E-state index is -1.62. The molecule has 1 heterocycles. The molecular weight excluding hydrogens is 692 g/mol. The summed E-state index contributed by atoms with van der Waals surface area (Å²) in [4.78, 5) is 37.6. The molecule has 1 fully saturated rings. The van der Waals surface area contributed by atoms with Crippen LogP contribution >= 0.6 is 0 Å². The Bertz CT molecular complexity index is 1190. The predicted molar refractivity (Wildman–Crippen MR) is 208 cm³/mol. The van der Waals surface area contributed by atoms with Gasteiger partial charge in [-0.05, 0) is 76.2 Å². The monoisotopic (exact) mass is 760 g/mol. The molecule has 0 spiro atoms. The van der Waals surface area contributed by atoms with Crippen molar-refractivity contribution in [2.75, 3.05) is 19.8 Å². The Morgan fingerprint density at radius 2 is 1.39 bits per heavy atom. The zero-order chi connectivity index (χ0) is 39.4. The Labute approximate surface area is 323 Å². The number of ketones is 1. The second kappa shape index (κ2) is 29.4. The van der Waals surface area contributed by atoms with Gasteiger partial charge in [-0.15, -0.1) is 0 Å². The summed E-state index contributed by atoms with van der Waals surface area (Å²) in [6.45, 7) is 3.02. The Morgan fingerprint density at radius 1 is 0.759 bits per heavy atom. The molecule has 0 saturated carbocycles. The molecule has 11 nitrogen and oxygen atoms in total. The van der Waals surface area contributed by atoms with Crippen molar-refractivity contribution in [2.45, 2.75) is 160 Å². The van der Waals surface area contributed by atoms with E-state index in [2.05, 4.69) is 62.5 Å². The summed E-state index contributed by atoms with van der Waals surface area (Å²) in [5, 5.41) is 40.0. The van der Waals surface area contributed by atoms with Crippen LogP contribution in [0.1, 0.15) is 123 Å². The number of aliphatic hydroxyl groups is 4. The molecule has 0 aromatic carbocycles. The van der Waals surface area contributed by atoms with Crippen molar-refractivity contribution in [3.05, 3.63) is 60.8 Å². The largest absolute Gasteiger partial charge is 0.462 e. The molecule has 4 N–H and O–H groups in total. The van der Waals surface area contributed by atoms with Crippen LogP contribution < -0.4 is 0 Å². The first-order chi connectivity index (χ1) is 26.2. The van der Waals surface area contributed by atoms with E-state index in [9.17, 15) is 34.8 Å². The van der Waals surface area contributed by atoms with Crippen molar-refractivity contribution in [3.63, 3.8) is 0 Å². The van der Waals surface area contributed by atoms with E-state index in [-0.39, 0.29) is 43.7 Å². The number of hydrogen-bond donors (Lipinski definition) is 4. The Kier molecular flexibility index (Phi) is 25.7. The van der Waals surface area contributed by atoms with Crippen LogP contribution in [0.4, 0.5) is 0 Å². The minimum Gasteiger partial charge on any atom is -0.462 e. The quantitative estimate of drug-likeness (QED) is 0.0372. The topological polar surface area (TPSA) is 169 Å². The fourth-order valence-electron chi connectivity index (χ4n) is 6.43. The highest BCUT2D eigenvalue weighted by atomic mass is 16.7. The van der Waals surface area contributed by atoms with Gasteiger partial charge in [0.2, 0.25) is 0 Å². The summed E-state index contributed by atoms with van der Waals surface area (Å²) in [6.07, 6.45) is 26.3. The van der Waals surface area contributed by atoms with E-state index >= 15 is 0 Å². The van der Waals surface area contributed by atoms with Crippen LogP contribution in [0.25, 0.3) is 0 Å². The molecule has 8 atom stereocenters. The molecule has 1 aliphatic heterocycles. The lowest BCUT2D eigenvalue weighted by atomic mass is 9.87. The third-order valence-electron chi connectivity index (χ3n) is 9.65. The van der Waals surface area contributed by atoms with Crippen LogP contribution in [0, 0.1) is 11.8 Å². The van der Waals surface area contributed by atoms with Crippen molar-refractivity contribution in [1.29, 1.82) is 0 Å². The van der Waals surface area contributed by atoms with E-state index in [4.69, 9.17) is 18.9 Å². The second-order valence-electron chi connectivity index (χ2n) is 14.2. The summed E-state index contributed by atoms with van der Waals surface area (Å²) < 4.78 is 22.0. The molecule has 1 aliphatic carbocycles. The van der Waals surface area contributed by atoms with Crippen molar-refractivity contribution >= 4 is 17.7 Å². The Morgan fingerprint density at radius 3 is 2.11 bits per heavy atom. The molecule has 0 bridgehead atoms. The lowest BCUT2D eigenvalue weighted by Gasteiger charge is -2.39. The zero-order valence-corrected chi connectivity index (χ0v) is 32.7. The van der Waals surface area contributed by atoms with Gasteiger partial charge in [0.15, 0.2) is 18.2 Å². The number of rotatable bonds is 29. The summed E-state index contributed by atoms with van der Waals surface area (Å²) in [5.41, 5.74) is 0. The molecule has 2 unspecified atom stereocenters. The van der Waals surface area contributed by atoms with Gasteiger partial charge in [0.1, 0.15) is 31.0 Å². The van der Waals surface area contributed by atoms with Crippen molar-refractivity contribution in [2.24, 2.45) is 11.8 Å². The summed E-state index contributed by atoms with van der Waals surface area (Å²) in [7, 11) is 0. The summed E-state index contributed by atoms with van der Waals surface area (Å²) >= 11 is 0. The van der Waals surface area contributed by atoms with Crippen LogP contribution in [0.15, 0.2) is 60.8 Å². The first kappa shape index (κ1) is 47.2. The van der Waals surface area contributed by atoms with E-state index < -0.39 is 55.4 Å². The number of aliphatic hydroxyl groups excluding tert-OH is 4. The van der Waals surface area contributed by atoms with Gasteiger partial charge in [-0.1, -0.05) is 101 Å². The molecule has 0 aromatic heterocycles. The average Bonchev–Trinajstić information content (AvgIpc) is 3.52. The average molecular weight is 761 g/mol. The Hall–Kier alpha value is -2.93. The normalized spacial score (nSPS) is 25.1. The molecule has 0 radical (unpaired) electrons. The second-order valence-corrected chi connectivity index (χ2v) is 14.2. The molecule has 54 heavy (non-hydrogen) atoms. The molecule has 0 amide bonds. The number of esters is 2. The van der Waals surface area contributed by atoms with Crippen LogP contribution in [0.3, 0.4) is 0 Å². The third kappa shape index (κ3) is 19.6. The molecule has 2 aliphatic rings. The number of hydrogen-bond acceptors (Lipinski definition) is 11. The SMILES string of the molecule is CC/C=C\C/C=C\C/C=C\CCCCCC(=O)O[C@H](COC(=O)CCCCCCC[C@@H]1C(=O)C=C[C@@H]1C/C=C\CC)CO[C@@H]1O[C@H](CO)[C@H](O)C(O)C1O. The number of unbranched alkanes of at least 4 members (excludes halogenated alkanes) is 7. The van der Waals surface area contributed by atoms with Gasteiger partial charge in [0, 0.05) is 18.8 Å². The standard InChI is InChI=1S/C43H68O11/c1-3-5-7-8-9-10-11-12-13-14-15-18-23-27-39(47)53-34(32-52-43-42(50)41(49)40(48)37(30-44)54-43)31-51-38(46)26-22-19-16-17-21-25-35-33(24-20-6-4-2)28-29-36(35)45/h5-7,9-10,12-13,20,28-29,33-35,37,40-44,48-50H,3-4,8,11,14-19,21-27,30-32H2,1-2H3/b7-5-,10-9-,13-12-,20-6-/t33-,34+,35-,37+,40-,41?,42?,43+/m0/s1. The van der Waals surface area contributed by atoms with Crippen LogP contribution in [-0.2, 0) is 33.3 Å². The van der Waals surface area contributed by atoms with Gasteiger partial charge >= 0.3 is 11.9 Å². The van der Waals surface area contributed by atoms with E-state index in [1.807, 2.05) is 6.08 Å². The molecule has 1 saturated heterocycles. The minimum absolute atomic E-state index is 0.0662. The van der Waals surface area contributed by atoms with Crippen molar-refractivity contribution < 1.29 is 53.8 Å². The van der Waals surface area contributed by atoms with Gasteiger partial charge in [-0.2, -0.15) is 0 Å². The van der Waals surface area contributed by atoms with Crippen LogP contribution in [0.5, 0.6) is 0 Å². The zero-order valence-electron chi connectivity index (χ0n) is 32.7. The number of ether oxygens (including phenoxy) is 4. The molecule has 0 aromatic rings. The van der Waals surface area contributed by atoms with Crippen LogP contribution in [0.2, 0.25) is 0 Å². The van der Waals surface area contributed by atoms with E-state index in [0.717, 1.165) is 83.5 Å². The van der Waals surface area contributed by atoms with Crippen molar-refractivity contribution in [3.8, 4) is 0 Å². The maximum absolute atomic E-state index is 12.7. The molecule has 2 rings (SSSR count). The summed E-state index contributed by atoms with van der Waals surface area (Å²) in [6, 6.07) is 0. The first-order valence-corrected chi connectivity index (χ1v) is 20.3. The smallest absolute Gasteiger partial charge is 0.306 e. The van der Waals surface area contributed by atoms with E-state index in [1.165, 1.54) is 0 Å². The van der Waals surface area contributed by atoms with Crippen molar-refractivity contribution in [1.82, 2.24) is 0 Å². The van der Waals surface area contributed by atoms with Gasteiger partial charge in [0.05, 0.1) is 13.2 Å². The predicted octanol–water partition coefficient (Wildman–Crippen LogP) is 6.53. The lowest BCUT2D eigenvalue weighted by molar-refractivity contribution is -0.305. The molecule has 11 heteroatoms. The van der Waals surface area contributed by atoms with Gasteiger partial charge in [-0.25, -0.2) is 0 Å². The van der Waals surface area contributed by atoms with Crippen LogP contribution in [-0.4, -0.2) is 94.8 Å². The van der Waals surface area contributed by atoms with Gasteiger partial charge in [0.25, 0.3) is 0 Å². The highest BCUT2D eigenvalue weighted by Crippen LogP contribution is 2.30. The first-order valence-electron chi connectivity index (χ1n) is 20.3. The lowest BCUT2D eigenvalue weighted by Crippen LogP contribution is -2.59. The van der Waals surface area contributed by atoms with E-state index in [0.29, 0.717) is 12.8 Å². The van der Waals surface area contributed by atoms with E-state index in [1.54, 1.807) is 6.08 Å². The highest BCUT2D eigenvalue weighted by molar-refractivity contribution is 5.94. The summed E-state index contributed by atoms with van der Waals surface area (Å²) in [5.74, 6) is -0.341. The van der Waals surface area contributed by atoms with Gasteiger partial charge in [-0.3, -0.25) is 14.4 Å². The fourth-order valence-corrected chi connectivity index (χ4v) is 6.43. The Balaban J connectivity index is 1.73. The highest BCUT2D eigenvalue weighted by Gasteiger charge is 2.44. The number of carbonyl (C=O) groups is 3. The third-order valence-corrected chi connectivity index (χ3v) is 9.65. The van der Waals surface area contributed by atoms with Gasteiger partial charge < -0.3 is 39.4 Å². The number of carbonyl (C=O) groups excluding carboxylic acids is 3.